The number of aryl methyl sites for hydroxylation is 4. The molecule has 0 unspecified atom stereocenters. The highest BCUT2D eigenvalue weighted by atomic mass is 16.5. The first-order valence-corrected chi connectivity index (χ1v) is 12.7. The van der Waals surface area contributed by atoms with E-state index in [2.05, 4.69) is 81.4 Å². The van der Waals surface area contributed by atoms with Crippen molar-refractivity contribution in [1.82, 2.24) is 0 Å². The molecule has 0 spiro atoms. The number of unbranched alkanes of at least 4 members (excludes halogenated alkanes) is 2. The molecule has 0 atom stereocenters. The molecular formula is C31H40O2. The number of rotatable bonds is 13. The molecule has 0 aliphatic rings. The van der Waals surface area contributed by atoms with E-state index in [1.165, 1.54) is 45.4 Å². The molecule has 0 saturated heterocycles. The summed E-state index contributed by atoms with van der Waals surface area (Å²) in [5.74, 6) is 0.937. The van der Waals surface area contributed by atoms with E-state index >= 15 is 0 Å². The lowest BCUT2D eigenvalue weighted by Crippen LogP contribution is -1.99. The SMILES string of the molecule is CCCc1ccc(COc2ccc(-c3ccc(CCCCCO)cc3CC)c(CC)c2)cc1. The number of ether oxygens (including phenoxy) is 1. The largest absolute Gasteiger partial charge is 0.489 e. The third-order valence-corrected chi connectivity index (χ3v) is 6.39. The van der Waals surface area contributed by atoms with Crippen LogP contribution in [0.5, 0.6) is 5.75 Å². The van der Waals surface area contributed by atoms with Crippen LogP contribution >= 0.6 is 0 Å². The van der Waals surface area contributed by atoms with E-state index < -0.39 is 0 Å². The Labute approximate surface area is 200 Å². The lowest BCUT2D eigenvalue weighted by Gasteiger charge is -2.16. The van der Waals surface area contributed by atoms with Gasteiger partial charge in [0.05, 0.1) is 0 Å². The van der Waals surface area contributed by atoms with Crippen LogP contribution in [0.1, 0.15) is 74.3 Å². The molecule has 3 aromatic carbocycles. The number of hydrogen-bond acceptors (Lipinski definition) is 2. The summed E-state index contributed by atoms with van der Waals surface area (Å²) < 4.78 is 6.15. The summed E-state index contributed by atoms with van der Waals surface area (Å²) in [5, 5.41) is 8.99. The maximum atomic E-state index is 8.99. The van der Waals surface area contributed by atoms with Gasteiger partial charge in [-0.05, 0) is 89.6 Å². The molecule has 33 heavy (non-hydrogen) atoms. The van der Waals surface area contributed by atoms with Crippen LogP contribution < -0.4 is 4.74 Å². The minimum absolute atomic E-state index is 0.296. The fourth-order valence-corrected chi connectivity index (χ4v) is 4.45. The summed E-state index contributed by atoms with van der Waals surface area (Å²) in [6.07, 6.45) is 8.51. The molecule has 0 bridgehead atoms. The van der Waals surface area contributed by atoms with E-state index in [1.54, 1.807) is 0 Å². The van der Waals surface area contributed by atoms with E-state index in [1.807, 2.05) is 0 Å². The van der Waals surface area contributed by atoms with Gasteiger partial charge in [0.1, 0.15) is 12.4 Å². The number of benzene rings is 3. The average molecular weight is 445 g/mol. The number of aliphatic hydroxyl groups excluding tert-OH is 1. The molecule has 0 radical (unpaired) electrons. The lowest BCUT2D eigenvalue weighted by atomic mass is 9.91. The summed E-state index contributed by atoms with van der Waals surface area (Å²) in [4.78, 5) is 0. The molecule has 0 saturated carbocycles. The van der Waals surface area contributed by atoms with Crippen molar-refractivity contribution in [3.8, 4) is 16.9 Å². The molecule has 2 nitrogen and oxygen atoms in total. The Kier molecular flexibility index (Phi) is 10.0. The van der Waals surface area contributed by atoms with Crippen molar-refractivity contribution in [1.29, 1.82) is 0 Å². The van der Waals surface area contributed by atoms with Crippen molar-refractivity contribution < 1.29 is 9.84 Å². The molecule has 0 heterocycles. The molecule has 2 heteroatoms. The average Bonchev–Trinajstić information content (AvgIpc) is 2.86. The Morgan fingerprint density at radius 1 is 0.636 bits per heavy atom. The second-order valence-electron chi connectivity index (χ2n) is 8.91. The van der Waals surface area contributed by atoms with Gasteiger partial charge in [-0.1, -0.05) is 82.1 Å². The van der Waals surface area contributed by atoms with E-state index in [-0.39, 0.29) is 0 Å². The van der Waals surface area contributed by atoms with Crippen LogP contribution in [0.3, 0.4) is 0 Å². The zero-order chi connectivity index (χ0) is 23.5. The fraction of sp³-hybridized carbons (Fsp3) is 0.419. The van der Waals surface area contributed by atoms with Crippen LogP contribution in [-0.4, -0.2) is 11.7 Å². The van der Waals surface area contributed by atoms with Crippen molar-refractivity contribution in [2.24, 2.45) is 0 Å². The van der Waals surface area contributed by atoms with Crippen molar-refractivity contribution in [2.75, 3.05) is 6.61 Å². The summed E-state index contributed by atoms with van der Waals surface area (Å²) in [5.41, 5.74) is 9.39. The maximum Gasteiger partial charge on any atom is 0.120 e. The Bertz CT molecular complexity index is 988. The van der Waals surface area contributed by atoms with Gasteiger partial charge < -0.3 is 9.84 Å². The minimum Gasteiger partial charge on any atom is -0.489 e. The van der Waals surface area contributed by atoms with Gasteiger partial charge in [0.25, 0.3) is 0 Å². The van der Waals surface area contributed by atoms with Crippen molar-refractivity contribution in [3.05, 3.63) is 88.5 Å². The minimum atomic E-state index is 0.296. The Balaban J connectivity index is 1.72. The van der Waals surface area contributed by atoms with Gasteiger partial charge in [0, 0.05) is 6.61 Å². The maximum absolute atomic E-state index is 8.99. The molecule has 0 aliphatic heterocycles. The van der Waals surface area contributed by atoms with Crippen LogP contribution in [0, 0.1) is 0 Å². The Morgan fingerprint density at radius 3 is 1.94 bits per heavy atom. The molecular weight excluding hydrogens is 404 g/mol. The highest BCUT2D eigenvalue weighted by molar-refractivity contribution is 5.72. The molecule has 0 aromatic heterocycles. The molecule has 3 rings (SSSR count). The van der Waals surface area contributed by atoms with Crippen LogP contribution in [0.2, 0.25) is 0 Å². The van der Waals surface area contributed by atoms with E-state index in [0.717, 1.165) is 50.7 Å². The molecule has 176 valence electrons. The molecule has 0 aliphatic carbocycles. The van der Waals surface area contributed by atoms with Crippen LogP contribution in [0.15, 0.2) is 60.7 Å². The van der Waals surface area contributed by atoms with E-state index in [0.29, 0.717) is 13.2 Å². The van der Waals surface area contributed by atoms with Gasteiger partial charge in [-0.15, -0.1) is 0 Å². The zero-order valence-corrected chi connectivity index (χ0v) is 20.7. The zero-order valence-electron chi connectivity index (χ0n) is 20.7. The standard InChI is InChI=1S/C31H40O2/c1-4-10-24-12-14-26(15-13-24)23-33-29-17-19-31(28(6-3)22-29)30-18-16-25(21-27(30)5-2)11-8-7-9-20-32/h12-19,21-22,32H,4-11,20,23H2,1-3H3. The van der Waals surface area contributed by atoms with E-state index in [4.69, 9.17) is 9.84 Å². The number of hydrogen-bond donors (Lipinski definition) is 1. The lowest BCUT2D eigenvalue weighted by molar-refractivity contribution is 0.283. The van der Waals surface area contributed by atoms with E-state index in [9.17, 15) is 0 Å². The second-order valence-corrected chi connectivity index (χ2v) is 8.91. The predicted octanol–water partition coefficient (Wildman–Crippen LogP) is 7.72. The fourth-order valence-electron chi connectivity index (χ4n) is 4.45. The van der Waals surface area contributed by atoms with Gasteiger partial charge in [0.2, 0.25) is 0 Å². The van der Waals surface area contributed by atoms with Crippen molar-refractivity contribution in [2.45, 2.75) is 78.7 Å². The van der Waals surface area contributed by atoms with Crippen LogP contribution in [0.4, 0.5) is 0 Å². The quantitative estimate of drug-likeness (QED) is 0.273. The van der Waals surface area contributed by atoms with Crippen molar-refractivity contribution >= 4 is 0 Å². The van der Waals surface area contributed by atoms with Gasteiger partial charge in [-0.25, -0.2) is 0 Å². The second kappa shape index (κ2) is 13.2. The van der Waals surface area contributed by atoms with Gasteiger partial charge >= 0.3 is 0 Å². The summed E-state index contributed by atoms with van der Waals surface area (Å²) in [7, 11) is 0. The first-order valence-electron chi connectivity index (χ1n) is 12.7. The van der Waals surface area contributed by atoms with Crippen LogP contribution in [0.25, 0.3) is 11.1 Å². The van der Waals surface area contributed by atoms with Crippen molar-refractivity contribution in [3.63, 3.8) is 0 Å². The Hall–Kier alpha value is -2.58. The van der Waals surface area contributed by atoms with Gasteiger partial charge in [-0.2, -0.15) is 0 Å². The molecule has 1 N–H and O–H groups in total. The monoisotopic (exact) mass is 444 g/mol. The Morgan fingerprint density at radius 2 is 1.27 bits per heavy atom. The van der Waals surface area contributed by atoms with Crippen LogP contribution in [-0.2, 0) is 32.3 Å². The van der Waals surface area contributed by atoms with Gasteiger partial charge in [0.15, 0.2) is 0 Å². The third-order valence-electron chi connectivity index (χ3n) is 6.39. The first-order chi connectivity index (χ1) is 16.2. The third kappa shape index (κ3) is 7.20. The molecule has 3 aromatic rings. The molecule has 0 fully saturated rings. The topological polar surface area (TPSA) is 29.5 Å². The molecule has 0 amide bonds. The summed E-state index contributed by atoms with van der Waals surface area (Å²) in [6, 6.07) is 22.3. The smallest absolute Gasteiger partial charge is 0.120 e. The summed E-state index contributed by atoms with van der Waals surface area (Å²) in [6.45, 7) is 7.56. The predicted molar refractivity (Wildman–Crippen MR) is 140 cm³/mol. The highest BCUT2D eigenvalue weighted by Crippen LogP contribution is 2.32. The normalized spacial score (nSPS) is 11.0. The number of aliphatic hydroxyl groups is 1. The first kappa shape index (κ1) is 25.1. The highest BCUT2D eigenvalue weighted by Gasteiger charge is 2.11. The summed E-state index contributed by atoms with van der Waals surface area (Å²) >= 11 is 0. The van der Waals surface area contributed by atoms with Gasteiger partial charge in [-0.3, -0.25) is 0 Å².